The number of Topliss-reactive ketones (excluding diaryl/α,β-unsaturated/α-hetero) is 1. The fraction of sp³-hybridized carbons (Fsp3) is 0.241. The Hall–Kier alpha value is -4.31. The highest BCUT2D eigenvalue weighted by Gasteiger charge is 2.24. The van der Waals surface area contributed by atoms with Crippen LogP contribution in [0.1, 0.15) is 37.1 Å². The van der Waals surface area contributed by atoms with E-state index in [1.54, 1.807) is 18.2 Å². The summed E-state index contributed by atoms with van der Waals surface area (Å²) in [5, 5.41) is 9.82. The van der Waals surface area contributed by atoms with E-state index < -0.39 is 23.7 Å². The maximum Gasteiger partial charge on any atom is 0.283 e. The Kier molecular flexibility index (Phi) is 7.53. The maximum absolute atomic E-state index is 13.4. The number of carbonyl (C=O) groups is 1. The third kappa shape index (κ3) is 5.27. The van der Waals surface area contributed by atoms with Gasteiger partial charge in [0.1, 0.15) is 11.4 Å². The van der Waals surface area contributed by atoms with Crippen LogP contribution in [0.4, 0.5) is 8.78 Å². The minimum absolute atomic E-state index is 0.111. The molecule has 2 aromatic carbocycles. The van der Waals surface area contributed by atoms with Crippen LogP contribution in [0.3, 0.4) is 0 Å². The maximum atomic E-state index is 13.4. The molecule has 0 unspecified atom stereocenters. The SMILES string of the molecule is CC[C@@H](C(=O)Cc1ccc2cn(C)cc2c1)n1cc(OC)c(-c2cc(Cl)ccc2-n2cc(C(F)F)nn2)cc1=O. The smallest absolute Gasteiger partial charge is 0.283 e. The number of rotatable bonds is 9. The van der Waals surface area contributed by atoms with Gasteiger partial charge in [0.15, 0.2) is 5.78 Å². The number of aromatic nitrogens is 5. The summed E-state index contributed by atoms with van der Waals surface area (Å²) in [6.45, 7) is 1.84. The van der Waals surface area contributed by atoms with Crippen LogP contribution in [0, 0.1) is 0 Å². The van der Waals surface area contributed by atoms with E-state index in [0.717, 1.165) is 22.5 Å². The van der Waals surface area contributed by atoms with Gasteiger partial charge in [-0.2, -0.15) is 0 Å². The average molecular weight is 566 g/mol. The molecule has 0 spiro atoms. The number of halogens is 3. The molecular weight excluding hydrogens is 540 g/mol. The number of fused-ring (bicyclic) bond motifs is 1. The summed E-state index contributed by atoms with van der Waals surface area (Å²) in [5.74, 6) is 0.189. The van der Waals surface area contributed by atoms with Crippen molar-refractivity contribution in [3.05, 3.63) is 93.9 Å². The monoisotopic (exact) mass is 565 g/mol. The quantitative estimate of drug-likeness (QED) is 0.220. The zero-order valence-corrected chi connectivity index (χ0v) is 22.8. The molecule has 0 aliphatic rings. The molecule has 3 heterocycles. The number of hydrogen-bond donors (Lipinski definition) is 0. The lowest BCUT2D eigenvalue weighted by atomic mass is 9.99. The van der Waals surface area contributed by atoms with E-state index in [1.807, 2.05) is 49.1 Å². The van der Waals surface area contributed by atoms with Crippen molar-refractivity contribution in [1.29, 1.82) is 0 Å². The second-order valence-corrected chi connectivity index (χ2v) is 9.94. The molecule has 0 fully saturated rings. The van der Waals surface area contributed by atoms with Gasteiger partial charge in [0, 0.05) is 48.1 Å². The van der Waals surface area contributed by atoms with Crippen LogP contribution < -0.4 is 10.3 Å². The molecule has 3 aromatic heterocycles. The van der Waals surface area contributed by atoms with Crippen LogP contribution in [0.2, 0.25) is 5.02 Å². The molecule has 8 nitrogen and oxygen atoms in total. The molecule has 206 valence electrons. The molecule has 5 aromatic rings. The number of hydrogen-bond acceptors (Lipinski definition) is 5. The molecule has 0 aliphatic carbocycles. The molecule has 0 saturated carbocycles. The number of carbonyl (C=O) groups excluding carboxylic acids is 1. The fourth-order valence-corrected chi connectivity index (χ4v) is 5.07. The van der Waals surface area contributed by atoms with Crippen molar-refractivity contribution in [2.24, 2.45) is 7.05 Å². The second-order valence-electron chi connectivity index (χ2n) is 9.51. The molecule has 1 atom stereocenters. The number of nitrogens with zero attached hydrogens (tertiary/aromatic N) is 5. The zero-order chi connectivity index (χ0) is 28.6. The van der Waals surface area contributed by atoms with Gasteiger partial charge in [0.25, 0.3) is 12.0 Å². The highest BCUT2D eigenvalue weighted by molar-refractivity contribution is 6.31. The Morgan fingerprint density at radius 1 is 1.02 bits per heavy atom. The van der Waals surface area contributed by atoms with Crippen molar-refractivity contribution in [3.63, 3.8) is 0 Å². The first kappa shape index (κ1) is 27.3. The van der Waals surface area contributed by atoms with Gasteiger partial charge in [0.05, 0.1) is 31.2 Å². The Bertz CT molecular complexity index is 1780. The number of ketones is 1. The first-order valence-corrected chi connectivity index (χ1v) is 12.9. The van der Waals surface area contributed by atoms with Crippen LogP contribution >= 0.6 is 11.6 Å². The number of pyridine rings is 1. The van der Waals surface area contributed by atoms with E-state index >= 15 is 0 Å². The lowest BCUT2D eigenvalue weighted by Crippen LogP contribution is -2.30. The van der Waals surface area contributed by atoms with Gasteiger partial charge in [0.2, 0.25) is 0 Å². The molecule has 0 saturated heterocycles. The highest BCUT2D eigenvalue weighted by Crippen LogP contribution is 2.36. The van der Waals surface area contributed by atoms with Crippen LogP contribution in [-0.4, -0.2) is 37.0 Å². The minimum Gasteiger partial charge on any atom is -0.495 e. The summed E-state index contributed by atoms with van der Waals surface area (Å²) in [4.78, 5) is 26.9. The topological polar surface area (TPSA) is 83.9 Å². The van der Waals surface area contributed by atoms with E-state index in [4.69, 9.17) is 16.3 Å². The lowest BCUT2D eigenvalue weighted by molar-refractivity contribution is -0.121. The molecular formula is C29H26ClF2N5O3. The molecule has 11 heteroatoms. The molecule has 0 aliphatic heterocycles. The fourth-order valence-electron chi connectivity index (χ4n) is 4.90. The van der Waals surface area contributed by atoms with Crippen molar-refractivity contribution < 1.29 is 18.3 Å². The number of aryl methyl sites for hydroxylation is 1. The Labute approximate surface area is 233 Å². The van der Waals surface area contributed by atoms with Crippen molar-refractivity contribution >= 4 is 28.2 Å². The molecule has 0 amide bonds. The number of methoxy groups -OCH3 is 1. The largest absolute Gasteiger partial charge is 0.495 e. The van der Waals surface area contributed by atoms with E-state index in [1.165, 1.54) is 28.6 Å². The standard InChI is InChI=1S/C29H26ClF2N5O3/c1-4-24(26(38)10-17-5-6-18-13-35(2)14-19(18)9-17)36-16-27(40-3)22(12-28(36)39)21-11-20(30)7-8-25(21)37-15-23(29(31)32)33-34-37/h5-9,11-16,24,29H,4,10H2,1-3H3/t24-/m0/s1. The summed E-state index contributed by atoms with van der Waals surface area (Å²) in [6, 6.07) is 11.3. The van der Waals surface area contributed by atoms with Crippen LogP contribution in [0.5, 0.6) is 5.75 Å². The van der Waals surface area contributed by atoms with E-state index in [0.29, 0.717) is 34.0 Å². The third-order valence-corrected chi connectivity index (χ3v) is 7.04. The number of ether oxygens (including phenoxy) is 1. The first-order chi connectivity index (χ1) is 19.2. The van der Waals surface area contributed by atoms with E-state index in [2.05, 4.69) is 10.3 Å². The zero-order valence-electron chi connectivity index (χ0n) is 22.0. The van der Waals surface area contributed by atoms with Gasteiger partial charge < -0.3 is 13.9 Å². The predicted molar refractivity (Wildman–Crippen MR) is 149 cm³/mol. The van der Waals surface area contributed by atoms with Crippen LogP contribution in [0.15, 0.2) is 72.0 Å². The second kappa shape index (κ2) is 11.1. The molecule has 40 heavy (non-hydrogen) atoms. The Morgan fingerprint density at radius 2 is 1.80 bits per heavy atom. The summed E-state index contributed by atoms with van der Waals surface area (Å²) in [7, 11) is 3.39. The molecule has 5 rings (SSSR count). The summed E-state index contributed by atoms with van der Waals surface area (Å²) >= 11 is 6.27. The lowest BCUT2D eigenvalue weighted by Gasteiger charge is -2.20. The van der Waals surface area contributed by atoms with Gasteiger partial charge in [-0.15, -0.1) is 5.10 Å². The van der Waals surface area contributed by atoms with Gasteiger partial charge in [-0.1, -0.05) is 35.9 Å². The van der Waals surface area contributed by atoms with E-state index in [9.17, 15) is 18.4 Å². The van der Waals surface area contributed by atoms with Gasteiger partial charge in [-0.05, 0) is 47.0 Å². The minimum atomic E-state index is -2.79. The van der Waals surface area contributed by atoms with Gasteiger partial charge >= 0.3 is 0 Å². The molecule has 0 radical (unpaired) electrons. The van der Waals surface area contributed by atoms with E-state index in [-0.39, 0.29) is 12.2 Å². The Morgan fingerprint density at radius 3 is 2.50 bits per heavy atom. The van der Waals surface area contributed by atoms with Crippen molar-refractivity contribution in [2.45, 2.75) is 32.2 Å². The van der Waals surface area contributed by atoms with Crippen molar-refractivity contribution in [1.82, 2.24) is 24.1 Å². The van der Waals surface area contributed by atoms with Crippen molar-refractivity contribution in [3.8, 4) is 22.6 Å². The summed E-state index contributed by atoms with van der Waals surface area (Å²) in [6.07, 6.45) is 4.39. The Balaban J connectivity index is 1.52. The van der Waals surface area contributed by atoms with Gasteiger partial charge in [-0.3, -0.25) is 9.59 Å². The normalized spacial score (nSPS) is 12.3. The van der Waals surface area contributed by atoms with Crippen LogP contribution in [0.25, 0.3) is 27.6 Å². The van der Waals surface area contributed by atoms with Crippen LogP contribution in [-0.2, 0) is 18.3 Å². The van der Waals surface area contributed by atoms with Crippen molar-refractivity contribution in [2.75, 3.05) is 7.11 Å². The summed E-state index contributed by atoms with van der Waals surface area (Å²) in [5.41, 5.74) is 1.12. The molecule has 0 N–H and O–H groups in total. The highest BCUT2D eigenvalue weighted by atomic mass is 35.5. The summed E-state index contributed by atoms with van der Waals surface area (Å²) < 4.78 is 36.5. The third-order valence-electron chi connectivity index (χ3n) is 6.80. The number of benzene rings is 2. The molecule has 0 bridgehead atoms. The average Bonchev–Trinajstić information content (AvgIpc) is 3.56. The predicted octanol–water partition coefficient (Wildman–Crippen LogP) is 5.95. The first-order valence-electron chi connectivity index (χ1n) is 12.6. The van der Waals surface area contributed by atoms with Gasteiger partial charge in [-0.25, -0.2) is 13.5 Å². The number of alkyl halides is 2.